The number of rotatable bonds is 5. The van der Waals surface area contributed by atoms with Crippen LogP contribution in [-0.2, 0) is 9.57 Å². The van der Waals surface area contributed by atoms with Crippen LogP contribution in [0, 0.1) is 17.2 Å². The molecule has 2 rings (SSSR count). The number of carbonyl (C=O) groups is 1. The van der Waals surface area contributed by atoms with Gasteiger partial charge in [0.05, 0.1) is 6.61 Å². The topological polar surface area (TPSA) is 78.2 Å². The minimum atomic E-state index is -0.188. The van der Waals surface area contributed by atoms with E-state index in [1.54, 1.807) is 0 Å². The summed E-state index contributed by atoms with van der Waals surface area (Å²) >= 11 is 0. The van der Waals surface area contributed by atoms with E-state index in [0.717, 1.165) is 58.3 Å². The quantitative estimate of drug-likeness (QED) is 0.553. The van der Waals surface area contributed by atoms with Gasteiger partial charge in [0, 0.05) is 25.0 Å². The van der Waals surface area contributed by atoms with Crippen LogP contribution in [0.4, 0.5) is 4.79 Å². The summed E-state index contributed by atoms with van der Waals surface area (Å²) in [7, 11) is 0. The van der Waals surface area contributed by atoms with Gasteiger partial charge in [0.1, 0.15) is 12.2 Å². The molecule has 2 aliphatic heterocycles. The number of amides is 1. The molecule has 2 fully saturated rings. The lowest BCUT2D eigenvalue weighted by atomic mass is 9.91. The number of nitriles is 1. The molecule has 0 aromatic carbocycles. The predicted octanol–water partition coefficient (Wildman–Crippen LogP) is 3.01. The molecule has 0 aromatic rings. The third kappa shape index (κ3) is 5.87. The largest absolute Gasteiger partial charge is 0.450 e. The van der Waals surface area contributed by atoms with E-state index in [2.05, 4.69) is 16.1 Å². The Hall–Kier alpha value is -1.81. The Balaban J connectivity index is 1.83. The van der Waals surface area contributed by atoms with Crippen molar-refractivity contribution in [1.29, 1.82) is 5.26 Å². The van der Waals surface area contributed by atoms with Crippen molar-refractivity contribution in [3.05, 3.63) is 0 Å². The molecule has 1 amide bonds. The Labute approximate surface area is 156 Å². The van der Waals surface area contributed by atoms with E-state index in [1.165, 1.54) is 0 Å². The second-order valence-electron chi connectivity index (χ2n) is 7.32. The number of ether oxygens (including phenoxy) is 1. The summed E-state index contributed by atoms with van der Waals surface area (Å²) in [6.45, 7) is 9.57. The predicted molar refractivity (Wildman–Crippen MR) is 99.8 cm³/mol. The molecule has 7 nitrogen and oxygen atoms in total. The highest BCUT2D eigenvalue weighted by Gasteiger charge is 2.30. The van der Waals surface area contributed by atoms with Crippen LogP contribution in [0.3, 0.4) is 0 Å². The molecule has 2 aliphatic rings. The second kappa shape index (κ2) is 10.4. The molecule has 0 N–H and O–H groups in total. The van der Waals surface area contributed by atoms with E-state index in [4.69, 9.17) is 9.57 Å². The standard InChI is InChI=1S/C19H32N4O3/c1-4-25-19(24)23-10-5-6-17(9-13-23)22-11-7-16(8-12-22)18(14-20)21-26-15(2)3/h15-17H,4-13H2,1-3H3/b21-18-. The maximum Gasteiger partial charge on any atom is 0.409 e. The van der Waals surface area contributed by atoms with Gasteiger partial charge < -0.3 is 19.4 Å². The van der Waals surface area contributed by atoms with Gasteiger partial charge in [-0.3, -0.25) is 0 Å². The van der Waals surface area contributed by atoms with Gasteiger partial charge in [-0.15, -0.1) is 0 Å². The molecular weight excluding hydrogens is 332 g/mol. The molecule has 1 atom stereocenters. The van der Waals surface area contributed by atoms with Crippen LogP contribution in [0.25, 0.3) is 0 Å². The summed E-state index contributed by atoms with van der Waals surface area (Å²) in [6.07, 6.45) is 4.78. The van der Waals surface area contributed by atoms with Crippen LogP contribution in [0.1, 0.15) is 52.9 Å². The number of hydrogen-bond acceptors (Lipinski definition) is 6. The van der Waals surface area contributed by atoms with Gasteiger partial charge in [0.15, 0.2) is 5.71 Å². The number of carbonyl (C=O) groups excluding carboxylic acids is 1. The van der Waals surface area contributed by atoms with Crippen molar-refractivity contribution in [2.75, 3.05) is 32.8 Å². The van der Waals surface area contributed by atoms with Crippen LogP contribution in [0.15, 0.2) is 5.16 Å². The molecule has 146 valence electrons. The average molecular weight is 364 g/mol. The number of piperidine rings is 1. The third-order valence-corrected chi connectivity index (χ3v) is 5.13. The van der Waals surface area contributed by atoms with Gasteiger partial charge in [0.25, 0.3) is 0 Å². The second-order valence-corrected chi connectivity index (χ2v) is 7.32. The molecule has 0 aromatic heterocycles. The minimum absolute atomic E-state index is 0.00762. The molecular formula is C19H32N4O3. The lowest BCUT2D eigenvalue weighted by Crippen LogP contribution is -2.43. The molecule has 26 heavy (non-hydrogen) atoms. The number of hydrogen-bond donors (Lipinski definition) is 0. The van der Waals surface area contributed by atoms with E-state index in [0.29, 0.717) is 18.4 Å². The minimum Gasteiger partial charge on any atom is -0.450 e. The first-order valence-corrected chi connectivity index (χ1v) is 9.84. The Morgan fingerprint density at radius 2 is 1.92 bits per heavy atom. The van der Waals surface area contributed by atoms with E-state index < -0.39 is 0 Å². The van der Waals surface area contributed by atoms with Crippen molar-refractivity contribution in [1.82, 2.24) is 9.80 Å². The maximum absolute atomic E-state index is 11.9. The fourth-order valence-corrected chi connectivity index (χ4v) is 3.73. The normalized spacial score (nSPS) is 23.4. The molecule has 2 heterocycles. The molecule has 0 aliphatic carbocycles. The van der Waals surface area contributed by atoms with E-state index in [9.17, 15) is 10.1 Å². The van der Waals surface area contributed by atoms with Crippen LogP contribution in [0.2, 0.25) is 0 Å². The highest BCUT2D eigenvalue weighted by atomic mass is 16.6. The van der Waals surface area contributed by atoms with Crippen molar-refractivity contribution < 1.29 is 14.4 Å². The maximum atomic E-state index is 11.9. The number of oxime groups is 1. The summed E-state index contributed by atoms with van der Waals surface area (Å²) in [5.41, 5.74) is 0.521. The Morgan fingerprint density at radius 3 is 2.54 bits per heavy atom. The van der Waals surface area contributed by atoms with Crippen LogP contribution in [-0.4, -0.2) is 66.5 Å². The summed E-state index contributed by atoms with van der Waals surface area (Å²) in [5, 5.41) is 13.4. The third-order valence-electron chi connectivity index (χ3n) is 5.13. The first kappa shape index (κ1) is 20.5. The Bertz CT molecular complexity index is 521. The van der Waals surface area contributed by atoms with Crippen molar-refractivity contribution in [3.8, 4) is 6.07 Å². The average Bonchev–Trinajstić information content (AvgIpc) is 2.89. The highest BCUT2D eigenvalue weighted by molar-refractivity contribution is 5.99. The van der Waals surface area contributed by atoms with Crippen molar-refractivity contribution >= 4 is 11.8 Å². The lowest BCUT2D eigenvalue weighted by Gasteiger charge is -2.36. The summed E-state index contributed by atoms with van der Waals surface area (Å²) in [5.74, 6) is 0.191. The molecule has 0 saturated carbocycles. The van der Waals surface area contributed by atoms with Crippen molar-refractivity contribution in [2.24, 2.45) is 11.1 Å². The fraction of sp³-hybridized carbons (Fsp3) is 0.842. The molecule has 0 bridgehead atoms. The van der Waals surface area contributed by atoms with Gasteiger partial charge in [0.2, 0.25) is 0 Å². The van der Waals surface area contributed by atoms with E-state index in [1.807, 2.05) is 25.7 Å². The molecule has 0 radical (unpaired) electrons. The molecule has 7 heteroatoms. The van der Waals surface area contributed by atoms with Gasteiger partial charge in [-0.1, -0.05) is 5.16 Å². The Kier molecular flexibility index (Phi) is 8.17. The van der Waals surface area contributed by atoms with Crippen LogP contribution in [0.5, 0.6) is 0 Å². The fourth-order valence-electron chi connectivity index (χ4n) is 3.73. The van der Waals surface area contributed by atoms with Gasteiger partial charge in [-0.25, -0.2) is 4.79 Å². The molecule has 1 unspecified atom stereocenters. The highest BCUT2D eigenvalue weighted by Crippen LogP contribution is 2.25. The zero-order chi connectivity index (χ0) is 18.9. The zero-order valence-electron chi connectivity index (χ0n) is 16.3. The summed E-state index contributed by atoms with van der Waals surface area (Å²) in [4.78, 5) is 21.5. The lowest BCUT2D eigenvalue weighted by molar-refractivity contribution is 0.0829. The number of likely N-dealkylation sites (tertiary alicyclic amines) is 2. The van der Waals surface area contributed by atoms with Crippen LogP contribution < -0.4 is 0 Å². The first-order valence-electron chi connectivity index (χ1n) is 9.84. The van der Waals surface area contributed by atoms with E-state index >= 15 is 0 Å². The Morgan fingerprint density at radius 1 is 1.19 bits per heavy atom. The SMILES string of the molecule is CCOC(=O)N1CCCC(N2CCC(/C(C#N)=N\OC(C)C)CC2)CC1. The summed E-state index contributed by atoms with van der Waals surface area (Å²) in [6, 6.07) is 2.71. The van der Waals surface area contributed by atoms with Crippen molar-refractivity contribution in [2.45, 2.75) is 65.0 Å². The molecule has 2 saturated heterocycles. The monoisotopic (exact) mass is 364 g/mol. The first-order chi connectivity index (χ1) is 12.5. The smallest absolute Gasteiger partial charge is 0.409 e. The van der Waals surface area contributed by atoms with E-state index in [-0.39, 0.29) is 18.1 Å². The van der Waals surface area contributed by atoms with Gasteiger partial charge in [-0.2, -0.15) is 5.26 Å². The van der Waals surface area contributed by atoms with Crippen LogP contribution >= 0.6 is 0 Å². The van der Waals surface area contributed by atoms with Gasteiger partial charge in [-0.05, 0) is 66.0 Å². The van der Waals surface area contributed by atoms with Crippen molar-refractivity contribution in [3.63, 3.8) is 0 Å². The summed E-state index contributed by atoms with van der Waals surface area (Å²) < 4.78 is 5.13. The van der Waals surface area contributed by atoms with Gasteiger partial charge >= 0.3 is 6.09 Å². The molecule has 0 spiro atoms. The number of nitrogens with zero attached hydrogens (tertiary/aromatic N) is 4. The zero-order valence-corrected chi connectivity index (χ0v) is 16.3.